The van der Waals surface area contributed by atoms with Crippen molar-refractivity contribution in [2.24, 2.45) is 0 Å². The van der Waals surface area contributed by atoms with Gasteiger partial charge in [0.25, 0.3) is 5.24 Å². The van der Waals surface area contributed by atoms with E-state index in [1.807, 2.05) is 0 Å². The number of amides is 2. The molecule has 2 aliphatic rings. The van der Waals surface area contributed by atoms with Crippen LogP contribution in [0.1, 0.15) is 6.42 Å². The van der Waals surface area contributed by atoms with E-state index >= 15 is 0 Å². The fraction of sp³-hybridized carbons (Fsp3) is 0.846. The molecule has 1 aliphatic heterocycles. The topological polar surface area (TPSA) is 200 Å². The van der Waals surface area contributed by atoms with Crippen LogP contribution < -0.4 is 10.6 Å². The summed E-state index contributed by atoms with van der Waals surface area (Å²) in [5, 5.41) is 70.3. The summed E-state index contributed by atoms with van der Waals surface area (Å²) in [6, 6.07) is -1.60. The summed E-state index contributed by atoms with van der Waals surface area (Å²) in [7, 11) is 0. The number of aliphatic hydroxyl groups is 7. The van der Waals surface area contributed by atoms with Crippen LogP contribution in [0.2, 0.25) is 0 Å². The Morgan fingerprint density at radius 3 is 2.12 bits per heavy atom. The van der Waals surface area contributed by atoms with Crippen LogP contribution in [-0.4, -0.2) is 108 Å². The summed E-state index contributed by atoms with van der Waals surface area (Å²) in [6.07, 6.45) is -4.91. The molecule has 0 aromatic heterocycles. The van der Waals surface area contributed by atoms with Crippen LogP contribution in [0, 0.1) is 0 Å². The largest absolute Gasteiger partial charge is 0.395 e. The van der Waals surface area contributed by atoms with E-state index in [-0.39, 0.29) is 17.6 Å². The summed E-state index contributed by atoms with van der Waals surface area (Å²) >= 11 is 1.01. The highest BCUT2D eigenvalue weighted by molar-refractivity contribution is 8.14. The molecule has 9 N–H and O–H groups in total. The van der Waals surface area contributed by atoms with Crippen LogP contribution in [0.5, 0.6) is 0 Å². The molecule has 12 heteroatoms. The average molecular weight is 384 g/mol. The first kappa shape index (κ1) is 22.2. The van der Waals surface area contributed by atoms with Crippen molar-refractivity contribution in [2.75, 3.05) is 25.6 Å². The first-order chi connectivity index (χ1) is 11.7. The molecule has 0 aromatic rings. The minimum absolute atomic E-state index is 0.185. The minimum atomic E-state index is -1.94. The fourth-order valence-electron chi connectivity index (χ4n) is 2.46. The van der Waals surface area contributed by atoms with Crippen LogP contribution in [0.3, 0.4) is 0 Å². The highest BCUT2D eigenvalue weighted by Gasteiger charge is 2.51. The summed E-state index contributed by atoms with van der Waals surface area (Å²) in [4.78, 5) is 20.2. The van der Waals surface area contributed by atoms with E-state index in [1.54, 1.807) is 0 Å². The second kappa shape index (κ2) is 9.75. The van der Waals surface area contributed by atoms with E-state index in [0.29, 0.717) is 5.75 Å². The van der Waals surface area contributed by atoms with Crippen molar-refractivity contribution < 1.29 is 45.3 Å². The monoisotopic (exact) mass is 384 g/mol. The maximum Gasteiger partial charge on any atom is 0.286 e. The Bertz CT molecular complexity index is 451. The van der Waals surface area contributed by atoms with Crippen molar-refractivity contribution in [3.05, 3.63) is 0 Å². The second-order valence-corrected chi connectivity index (χ2v) is 6.80. The third-order valence-electron chi connectivity index (χ3n) is 3.95. The molecule has 2 rings (SSSR count). The van der Waals surface area contributed by atoms with Gasteiger partial charge >= 0.3 is 0 Å². The summed E-state index contributed by atoms with van der Waals surface area (Å²) in [5.74, 6) is 0.105. The molecule has 2 amide bonds. The van der Waals surface area contributed by atoms with Crippen molar-refractivity contribution in [2.45, 2.75) is 42.4 Å². The number of rotatable bonds is 5. The van der Waals surface area contributed by atoms with Gasteiger partial charge in [-0.3, -0.25) is 14.9 Å². The molecule has 1 aliphatic carbocycles. The molecular weight excluding hydrogens is 360 g/mol. The van der Waals surface area contributed by atoms with Gasteiger partial charge in [-0.15, -0.1) is 0 Å². The Morgan fingerprint density at radius 1 is 1.16 bits per heavy atom. The molecule has 11 nitrogen and oxygen atoms in total. The molecule has 25 heavy (non-hydrogen) atoms. The molecule has 2 fully saturated rings. The first-order valence-corrected chi connectivity index (χ1v) is 8.48. The normalized spacial score (nSPS) is 35.4. The number of aliphatic hydroxyl groups excluding tert-OH is 6. The maximum atomic E-state index is 10.1. The number of hydrogen-bond acceptors (Lipinski definition) is 11. The number of carbonyl (C=O) groups excluding carboxylic acids is 2. The van der Waals surface area contributed by atoms with Crippen LogP contribution in [0.15, 0.2) is 0 Å². The van der Waals surface area contributed by atoms with Gasteiger partial charge in [-0.05, 0) is 6.42 Å². The standard InChI is InChI=1S/C10H21NO7.C3H3NO2S/c12-2-5(3-13)11-6-1-10(18,4-14)9(17)8(16)7(6)15;5-2-1-7-3(6)4-2/h5-9,11-18H,1-4H2;1H2,(H,4,5,6)/t6-,7-,8+,9-,10-;/m0./s1. The van der Waals surface area contributed by atoms with Gasteiger partial charge < -0.3 is 41.1 Å². The predicted molar refractivity (Wildman–Crippen MR) is 85.6 cm³/mol. The number of imide groups is 1. The maximum absolute atomic E-state index is 10.1. The molecule has 0 aromatic carbocycles. The van der Waals surface area contributed by atoms with Gasteiger partial charge in [-0.1, -0.05) is 11.8 Å². The second-order valence-electron chi connectivity index (χ2n) is 5.85. The average Bonchev–Trinajstić information content (AvgIpc) is 2.98. The van der Waals surface area contributed by atoms with Crippen LogP contribution in [-0.2, 0) is 4.79 Å². The predicted octanol–water partition coefficient (Wildman–Crippen LogP) is -4.52. The molecule has 1 saturated heterocycles. The molecule has 0 bridgehead atoms. The summed E-state index contributed by atoms with van der Waals surface area (Å²) in [5.41, 5.74) is -1.94. The lowest BCUT2D eigenvalue weighted by Gasteiger charge is -2.46. The quantitative estimate of drug-likeness (QED) is 0.221. The highest BCUT2D eigenvalue weighted by atomic mass is 32.2. The molecule has 146 valence electrons. The third kappa shape index (κ3) is 5.84. The van der Waals surface area contributed by atoms with Gasteiger partial charge in [0.15, 0.2) is 0 Å². The van der Waals surface area contributed by atoms with Crippen LogP contribution >= 0.6 is 11.8 Å². The molecule has 5 atom stereocenters. The lowest BCUT2D eigenvalue weighted by molar-refractivity contribution is -0.207. The first-order valence-electron chi connectivity index (χ1n) is 7.50. The summed E-state index contributed by atoms with van der Waals surface area (Å²) in [6.45, 7) is -1.56. The van der Waals surface area contributed by atoms with E-state index in [1.165, 1.54) is 0 Å². The number of nitrogens with one attached hydrogen (secondary N) is 2. The Morgan fingerprint density at radius 2 is 1.76 bits per heavy atom. The SMILES string of the molecule is O=C1CSC(=O)N1.OCC(CO)N[C@H]1C[C@](O)(CO)[C@@H](O)[C@H](O)[C@H]1O. The minimum Gasteiger partial charge on any atom is -0.395 e. The molecule has 0 radical (unpaired) electrons. The molecule has 1 saturated carbocycles. The van der Waals surface area contributed by atoms with Gasteiger partial charge in [-0.25, -0.2) is 0 Å². The van der Waals surface area contributed by atoms with Gasteiger partial charge in [0, 0.05) is 6.04 Å². The van der Waals surface area contributed by atoms with Crippen molar-refractivity contribution in [3.8, 4) is 0 Å². The van der Waals surface area contributed by atoms with E-state index < -0.39 is 55.8 Å². The van der Waals surface area contributed by atoms with Gasteiger partial charge in [0.1, 0.15) is 17.8 Å². The van der Waals surface area contributed by atoms with Crippen molar-refractivity contribution in [3.63, 3.8) is 0 Å². The van der Waals surface area contributed by atoms with Gasteiger partial charge in [0.05, 0.1) is 37.7 Å². The fourth-order valence-corrected chi connectivity index (χ4v) is 2.98. The van der Waals surface area contributed by atoms with Crippen molar-refractivity contribution in [1.82, 2.24) is 10.6 Å². The number of carbonyl (C=O) groups is 2. The zero-order valence-corrected chi connectivity index (χ0v) is 14.1. The Hall–Kier alpha value is -0.830. The van der Waals surface area contributed by atoms with Crippen molar-refractivity contribution >= 4 is 22.9 Å². The van der Waals surface area contributed by atoms with E-state index in [2.05, 4.69) is 10.6 Å². The van der Waals surface area contributed by atoms with Gasteiger partial charge in [0.2, 0.25) is 5.91 Å². The zero-order valence-electron chi connectivity index (χ0n) is 13.3. The molecular formula is C13H24N2O9S. The van der Waals surface area contributed by atoms with E-state index in [9.17, 15) is 30.0 Å². The lowest BCUT2D eigenvalue weighted by atomic mass is 9.76. The zero-order chi connectivity index (χ0) is 19.2. The third-order valence-corrected chi connectivity index (χ3v) is 4.72. The lowest BCUT2D eigenvalue weighted by Crippen LogP contribution is -2.68. The van der Waals surface area contributed by atoms with E-state index in [4.69, 9.17) is 15.3 Å². The van der Waals surface area contributed by atoms with E-state index in [0.717, 1.165) is 11.8 Å². The number of hydrogen-bond donors (Lipinski definition) is 9. The molecule has 1 heterocycles. The summed E-state index contributed by atoms with van der Waals surface area (Å²) < 4.78 is 0. The number of thioether (sulfide) groups is 1. The van der Waals surface area contributed by atoms with Crippen LogP contribution in [0.4, 0.5) is 4.79 Å². The van der Waals surface area contributed by atoms with Crippen LogP contribution in [0.25, 0.3) is 0 Å². The van der Waals surface area contributed by atoms with Gasteiger partial charge in [-0.2, -0.15) is 0 Å². The Labute approximate surface area is 147 Å². The Kier molecular flexibility index (Phi) is 8.67. The molecule has 0 unspecified atom stereocenters. The molecule has 0 spiro atoms. The van der Waals surface area contributed by atoms with Crippen molar-refractivity contribution in [1.29, 1.82) is 0 Å². The Balaban J connectivity index is 0.000000370. The highest BCUT2D eigenvalue weighted by Crippen LogP contribution is 2.29. The smallest absolute Gasteiger partial charge is 0.286 e.